The number of anilines is 2. The molecular weight excluding hydrogens is 379 g/mol. The number of nitrogens with one attached hydrogen (secondary N) is 1. The number of methoxy groups -OCH3 is 1. The Morgan fingerprint density at radius 1 is 1.24 bits per heavy atom. The molecule has 0 unspecified atom stereocenters. The monoisotopic (exact) mass is 388 g/mol. The lowest BCUT2D eigenvalue weighted by molar-refractivity contribution is 0.102. The number of hydrogen-bond donors (Lipinski definition) is 2. The largest absolute Gasteiger partial charge is 0.497 e. The van der Waals surface area contributed by atoms with Gasteiger partial charge in [-0.1, -0.05) is 23.2 Å². The van der Waals surface area contributed by atoms with Crippen LogP contribution in [0, 0.1) is 0 Å². The van der Waals surface area contributed by atoms with Crippen molar-refractivity contribution in [1.82, 2.24) is 0 Å². The fraction of sp³-hybridized carbons (Fsp3) is 0.0714. The lowest BCUT2D eigenvalue weighted by Gasteiger charge is -2.10. The molecule has 3 N–H and O–H groups in total. The van der Waals surface area contributed by atoms with Gasteiger partial charge >= 0.3 is 0 Å². The van der Waals surface area contributed by atoms with Crippen LogP contribution in [0.4, 0.5) is 11.4 Å². The minimum Gasteiger partial charge on any atom is -0.497 e. The van der Waals surface area contributed by atoms with E-state index < -0.39 is 0 Å². The van der Waals surface area contributed by atoms with Crippen molar-refractivity contribution in [2.45, 2.75) is 0 Å². The summed E-state index contributed by atoms with van der Waals surface area (Å²) in [5.74, 6) is 0.273. The lowest BCUT2D eigenvalue weighted by atomic mass is 10.2. The van der Waals surface area contributed by atoms with Gasteiger partial charge in [-0.25, -0.2) is 0 Å². The molecule has 0 spiro atoms. The van der Waals surface area contributed by atoms with Crippen LogP contribution in [0.2, 0.25) is 10.0 Å². The SMILES string of the molecule is COc1ccc(Br)c(NC(=O)c2cc(Cl)c(N)c(Cl)c2)c1. The van der Waals surface area contributed by atoms with Crippen molar-refractivity contribution in [1.29, 1.82) is 0 Å². The number of hydrogen-bond acceptors (Lipinski definition) is 3. The molecule has 0 atom stereocenters. The van der Waals surface area contributed by atoms with Crippen molar-refractivity contribution >= 4 is 56.4 Å². The van der Waals surface area contributed by atoms with E-state index in [-0.39, 0.29) is 21.6 Å². The van der Waals surface area contributed by atoms with Crippen molar-refractivity contribution in [2.24, 2.45) is 0 Å². The van der Waals surface area contributed by atoms with Crippen molar-refractivity contribution in [2.75, 3.05) is 18.2 Å². The topological polar surface area (TPSA) is 64.3 Å². The Morgan fingerprint density at radius 3 is 2.43 bits per heavy atom. The molecule has 2 rings (SSSR count). The van der Waals surface area contributed by atoms with E-state index in [9.17, 15) is 4.79 Å². The Kier molecular flexibility index (Phi) is 4.98. The van der Waals surface area contributed by atoms with E-state index in [1.165, 1.54) is 12.1 Å². The third-order valence-electron chi connectivity index (χ3n) is 2.76. The molecule has 7 heteroatoms. The van der Waals surface area contributed by atoms with Crippen LogP contribution in [0.3, 0.4) is 0 Å². The summed E-state index contributed by atoms with van der Waals surface area (Å²) in [5, 5.41) is 3.22. The maximum atomic E-state index is 12.3. The molecule has 4 nitrogen and oxygen atoms in total. The smallest absolute Gasteiger partial charge is 0.255 e. The Bertz CT molecular complexity index is 684. The Hall–Kier alpha value is -1.43. The molecule has 0 radical (unpaired) electrons. The molecule has 0 saturated heterocycles. The van der Waals surface area contributed by atoms with E-state index in [4.69, 9.17) is 33.7 Å². The highest BCUT2D eigenvalue weighted by atomic mass is 79.9. The Balaban J connectivity index is 2.30. The minimum absolute atomic E-state index is 0.234. The van der Waals surface area contributed by atoms with Crippen LogP contribution in [0.25, 0.3) is 0 Å². The summed E-state index contributed by atoms with van der Waals surface area (Å²) in [7, 11) is 1.55. The van der Waals surface area contributed by atoms with Gasteiger partial charge in [0.1, 0.15) is 5.75 Å². The fourth-order valence-corrected chi connectivity index (χ4v) is 2.47. The number of nitrogens with two attached hydrogens (primary N) is 1. The summed E-state index contributed by atoms with van der Waals surface area (Å²) in [5.41, 5.74) is 6.78. The normalized spacial score (nSPS) is 10.3. The number of carbonyl (C=O) groups is 1. The number of ether oxygens (including phenoxy) is 1. The van der Waals surface area contributed by atoms with Gasteiger partial charge in [0.2, 0.25) is 0 Å². The zero-order chi connectivity index (χ0) is 15.6. The van der Waals surface area contributed by atoms with Crippen LogP contribution in [0.5, 0.6) is 5.75 Å². The predicted molar refractivity (Wildman–Crippen MR) is 89.5 cm³/mol. The van der Waals surface area contributed by atoms with Gasteiger partial charge in [-0.3, -0.25) is 4.79 Å². The van der Waals surface area contributed by atoms with Gasteiger partial charge in [0.15, 0.2) is 0 Å². The Morgan fingerprint density at radius 2 is 1.86 bits per heavy atom. The van der Waals surface area contributed by atoms with Crippen molar-refractivity contribution in [3.63, 3.8) is 0 Å². The second kappa shape index (κ2) is 6.56. The van der Waals surface area contributed by atoms with E-state index in [2.05, 4.69) is 21.2 Å². The van der Waals surface area contributed by atoms with E-state index in [1.807, 2.05) is 0 Å². The summed E-state index contributed by atoms with van der Waals surface area (Å²) in [4.78, 5) is 12.3. The van der Waals surface area contributed by atoms with Crippen molar-refractivity contribution in [3.05, 3.63) is 50.4 Å². The molecule has 0 heterocycles. The highest BCUT2D eigenvalue weighted by Crippen LogP contribution is 2.31. The van der Waals surface area contributed by atoms with Gasteiger partial charge in [0.05, 0.1) is 28.5 Å². The molecule has 2 aromatic carbocycles. The Labute approximate surface area is 140 Å². The fourth-order valence-electron chi connectivity index (χ4n) is 1.64. The predicted octanol–water partition coefficient (Wildman–Crippen LogP) is 4.60. The quantitative estimate of drug-likeness (QED) is 0.754. The van der Waals surface area contributed by atoms with E-state index >= 15 is 0 Å². The maximum Gasteiger partial charge on any atom is 0.255 e. The van der Waals surface area contributed by atoms with Crippen LogP contribution < -0.4 is 15.8 Å². The van der Waals surface area contributed by atoms with Crippen LogP contribution in [-0.2, 0) is 0 Å². The summed E-state index contributed by atoms with van der Waals surface area (Å²) in [6.45, 7) is 0. The third-order valence-corrected chi connectivity index (χ3v) is 4.08. The first kappa shape index (κ1) is 15.9. The minimum atomic E-state index is -0.354. The van der Waals surface area contributed by atoms with Crippen LogP contribution in [0.15, 0.2) is 34.8 Å². The van der Waals surface area contributed by atoms with Gasteiger partial charge in [0, 0.05) is 16.1 Å². The molecule has 21 heavy (non-hydrogen) atoms. The van der Waals surface area contributed by atoms with Gasteiger partial charge < -0.3 is 15.8 Å². The van der Waals surface area contributed by atoms with Crippen LogP contribution in [-0.4, -0.2) is 13.0 Å². The second-order valence-electron chi connectivity index (χ2n) is 4.15. The zero-order valence-electron chi connectivity index (χ0n) is 10.9. The van der Waals surface area contributed by atoms with Gasteiger partial charge in [-0.2, -0.15) is 0 Å². The molecule has 0 aromatic heterocycles. The second-order valence-corrected chi connectivity index (χ2v) is 5.82. The number of rotatable bonds is 3. The summed E-state index contributed by atoms with van der Waals surface area (Å²) in [6.07, 6.45) is 0. The van der Waals surface area contributed by atoms with Crippen molar-refractivity contribution < 1.29 is 9.53 Å². The number of halogens is 3. The molecule has 2 aromatic rings. The molecule has 0 fully saturated rings. The number of amides is 1. The molecule has 0 saturated carbocycles. The van der Waals surface area contributed by atoms with E-state index in [0.717, 1.165) is 4.47 Å². The van der Waals surface area contributed by atoms with Gasteiger partial charge in [-0.05, 0) is 40.2 Å². The van der Waals surface area contributed by atoms with Crippen molar-refractivity contribution in [3.8, 4) is 5.75 Å². The summed E-state index contributed by atoms with van der Waals surface area (Å²) < 4.78 is 5.85. The average Bonchev–Trinajstić information content (AvgIpc) is 2.46. The maximum absolute atomic E-state index is 12.3. The first-order valence-electron chi connectivity index (χ1n) is 5.81. The number of carbonyl (C=O) groups excluding carboxylic acids is 1. The molecule has 110 valence electrons. The molecule has 0 aliphatic heterocycles. The first-order valence-corrected chi connectivity index (χ1v) is 7.36. The summed E-state index contributed by atoms with van der Waals surface area (Å²) in [6, 6.07) is 8.18. The lowest BCUT2D eigenvalue weighted by Crippen LogP contribution is -2.12. The first-order chi connectivity index (χ1) is 9.92. The van der Waals surface area contributed by atoms with Gasteiger partial charge in [-0.15, -0.1) is 0 Å². The van der Waals surface area contributed by atoms with Crippen LogP contribution >= 0.6 is 39.1 Å². The van der Waals surface area contributed by atoms with E-state index in [0.29, 0.717) is 17.0 Å². The molecule has 0 bridgehead atoms. The molecule has 0 aliphatic rings. The molecule has 1 amide bonds. The zero-order valence-corrected chi connectivity index (χ0v) is 14.0. The summed E-state index contributed by atoms with van der Waals surface area (Å²) >= 11 is 15.2. The average molecular weight is 390 g/mol. The third kappa shape index (κ3) is 3.61. The van der Waals surface area contributed by atoms with Gasteiger partial charge in [0.25, 0.3) is 5.91 Å². The highest BCUT2D eigenvalue weighted by molar-refractivity contribution is 9.10. The van der Waals surface area contributed by atoms with E-state index in [1.54, 1.807) is 25.3 Å². The molecular formula is C14H11BrCl2N2O2. The number of nitrogen functional groups attached to an aromatic ring is 1. The standard InChI is InChI=1S/C14H11BrCl2N2O2/c1-21-8-2-3-9(15)12(6-8)19-14(20)7-4-10(16)13(18)11(17)5-7/h2-6H,18H2,1H3,(H,19,20). The molecule has 0 aliphatic carbocycles. The number of benzene rings is 2. The van der Waals surface area contributed by atoms with Crippen LogP contribution in [0.1, 0.15) is 10.4 Å². The highest BCUT2D eigenvalue weighted by Gasteiger charge is 2.13.